The second-order valence-corrected chi connectivity index (χ2v) is 4.21. The molecule has 17 heavy (non-hydrogen) atoms. The molecule has 0 aromatic heterocycles. The minimum Gasteiger partial charge on any atom is -0.507 e. The van der Waals surface area contributed by atoms with E-state index < -0.39 is 0 Å². The topological polar surface area (TPSA) is 37.3 Å². The first-order valence-electron chi connectivity index (χ1n) is 5.47. The maximum atomic E-state index is 10.8. The number of aryl methyl sites for hydroxylation is 2. The number of aromatic hydroxyl groups is 1. The van der Waals surface area contributed by atoms with Gasteiger partial charge in [0.05, 0.1) is 5.56 Å². The van der Waals surface area contributed by atoms with Gasteiger partial charge in [-0.1, -0.05) is 29.8 Å². The third kappa shape index (κ3) is 2.21. The quantitative estimate of drug-likeness (QED) is 0.796. The molecule has 0 bridgehead atoms. The van der Waals surface area contributed by atoms with Gasteiger partial charge in [-0.3, -0.25) is 4.79 Å². The second-order valence-electron chi connectivity index (χ2n) is 4.21. The van der Waals surface area contributed by atoms with Crippen molar-refractivity contribution >= 4 is 6.29 Å². The van der Waals surface area contributed by atoms with Crippen molar-refractivity contribution in [2.24, 2.45) is 0 Å². The van der Waals surface area contributed by atoms with Crippen molar-refractivity contribution in [2.75, 3.05) is 0 Å². The van der Waals surface area contributed by atoms with E-state index in [0.29, 0.717) is 11.8 Å². The Morgan fingerprint density at radius 2 is 1.82 bits per heavy atom. The zero-order valence-corrected chi connectivity index (χ0v) is 9.90. The van der Waals surface area contributed by atoms with Gasteiger partial charge in [0.2, 0.25) is 0 Å². The maximum absolute atomic E-state index is 10.8. The predicted octanol–water partition coefficient (Wildman–Crippen LogP) is 3.49. The van der Waals surface area contributed by atoms with Crippen molar-refractivity contribution in [2.45, 2.75) is 13.8 Å². The van der Waals surface area contributed by atoms with Crippen molar-refractivity contribution < 1.29 is 9.90 Å². The van der Waals surface area contributed by atoms with E-state index in [9.17, 15) is 9.90 Å². The van der Waals surface area contributed by atoms with Crippen molar-refractivity contribution in [3.8, 4) is 16.9 Å². The molecule has 0 aliphatic rings. The number of benzene rings is 2. The number of phenols is 1. The summed E-state index contributed by atoms with van der Waals surface area (Å²) in [7, 11) is 0. The number of carbonyl (C=O) groups excluding carboxylic acids is 1. The van der Waals surface area contributed by atoms with Crippen molar-refractivity contribution in [3.63, 3.8) is 0 Å². The Morgan fingerprint density at radius 1 is 1.06 bits per heavy atom. The molecule has 1 N–H and O–H groups in total. The van der Waals surface area contributed by atoms with E-state index in [1.807, 2.05) is 32.0 Å². The van der Waals surface area contributed by atoms with Gasteiger partial charge in [0.25, 0.3) is 0 Å². The summed E-state index contributed by atoms with van der Waals surface area (Å²) < 4.78 is 0. The van der Waals surface area contributed by atoms with Crippen LogP contribution < -0.4 is 0 Å². The molecule has 2 aromatic carbocycles. The largest absolute Gasteiger partial charge is 0.507 e. The van der Waals surface area contributed by atoms with E-state index in [-0.39, 0.29) is 5.75 Å². The molecule has 2 rings (SSSR count). The lowest BCUT2D eigenvalue weighted by Gasteiger charge is -2.08. The molecule has 0 saturated heterocycles. The summed E-state index contributed by atoms with van der Waals surface area (Å²) in [6.07, 6.45) is 0.669. The molecule has 0 spiro atoms. The molecule has 86 valence electrons. The average Bonchev–Trinajstić information content (AvgIpc) is 2.30. The summed E-state index contributed by atoms with van der Waals surface area (Å²) in [6, 6.07) is 11.3. The van der Waals surface area contributed by atoms with Gasteiger partial charge in [0.1, 0.15) is 5.75 Å². The lowest BCUT2D eigenvalue weighted by atomic mass is 9.97. The molecule has 0 unspecified atom stereocenters. The maximum Gasteiger partial charge on any atom is 0.153 e. The van der Waals surface area contributed by atoms with E-state index in [2.05, 4.69) is 6.07 Å². The summed E-state index contributed by atoms with van der Waals surface area (Å²) >= 11 is 0. The van der Waals surface area contributed by atoms with Crippen molar-refractivity contribution in [1.29, 1.82) is 0 Å². The van der Waals surface area contributed by atoms with E-state index in [4.69, 9.17) is 0 Å². The Kier molecular flexibility index (Phi) is 2.96. The SMILES string of the molecule is Cc1ccc(-c2ccc(O)c(C=O)c2)c(C)c1. The highest BCUT2D eigenvalue weighted by Crippen LogP contribution is 2.27. The van der Waals surface area contributed by atoms with Crippen LogP contribution in [0.4, 0.5) is 0 Å². The number of rotatable bonds is 2. The molecule has 0 aliphatic carbocycles. The smallest absolute Gasteiger partial charge is 0.153 e. The van der Waals surface area contributed by atoms with Crippen LogP contribution in [-0.2, 0) is 0 Å². The molecule has 2 aromatic rings. The number of hydrogen-bond acceptors (Lipinski definition) is 2. The highest BCUT2D eigenvalue weighted by molar-refractivity contribution is 5.83. The van der Waals surface area contributed by atoms with Crippen molar-refractivity contribution in [1.82, 2.24) is 0 Å². The first-order chi connectivity index (χ1) is 8.11. The van der Waals surface area contributed by atoms with Crippen LogP contribution in [0.5, 0.6) is 5.75 Å². The van der Waals surface area contributed by atoms with E-state index >= 15 is 0 Å². The summed E-state index contributed by atoms with van der Waals surface area (Å²) in [5.74, 6) is 0.0218. The standard InChI is InChI=1S/C15H14O2/c1-10-3-5-14(11(2)7-10)12-4-6-15(17)13(8-12)9-16/h3-9,17H,1-2H3. The Morgan fingerprint density at radius 3 is 2.47 bits per heavy atom. The van der Waals surface area contributed by atoms with Gasteiger partial charge in [0, 0.05) is 0 Å². The molecular formula is C15H14O2. The van der Waals surface area contributed by atoms with Gasteiger partial charge in [-0.15, -0.1) is 0 Å². The highest BCUT2D eigenvalue weighted by atomic mass is 16.3. The monoisotopic (exact) mass is 226 g/mol. The summed E-state index contributed by atoms with van der Waals surface area (Å²) in [4.78, 5) is 10.8. The lowest BCUT2D eigenvalue weighted by Crippen LogP contribution is -1.87. The fourth-order valence-electron chi connectivity index (χ4n) is 1.95. The number of carbonyl (C=O) groups is 1. The summed E-state index contributed by atoms with van der Waals surface area (Å²) in [5, 5.41) is 9.46. The molecule has 0 aliphatic heterocycles. The Balaban J connectivity index is 2.56. The number of aldehydes is 1. The van der Waals surface area contributed by atoms with Crippen LogP contribution in [-0.4, -0.2) is 11.4 Å². The first kappa shape index (κ1) is 11.4. The highest BCUT2D eigenvalue weighted by Gasteiger charge is 2.05. The Bertz CT molecular complexity index is 571. The molecular weight excluding hydrogens is 212 g/mol. The zero-order valence-electron chi connectivity index (χ0n) is 9.90. The van der Waals surface area contributed by atoms with Crippen LogP contribution in [0.2, 0.25) is 0 Å². The Labute approximate surface area is 101 Å². The molecule has 0 saturated carbocycles. The van der Waals surface area contributed by atoms with Crippen molar-refractivity contribution in [3.05, 3.63) is 53.1 Å². The summed E-state index contributed by atoms with van der Waals surface area (Å²) in [6.45, 7) is 4.08. The van der Waals surface area contributed by atoms with Crippen LogP contribution in [0.3, 0.4) is 0 Å². The van der Waals surface area contributed by atoms with Gasteiger partial charge in [-0.2, -0.15) is 0 Å². The fourth-order valence-corrected chi connectivity index (χ4v) is 1.95. The average molecular weight is 226 g/mol. The normalized spacial score (nSPS) is 10.2. The van der Waals surface area contributed by atoms with E-state index in [1.54, 1.807) is 12.1 Å². The number of hydrogen-bond donors (Lipinski definition) is 1. The molecule has 2 heteroatoms. The van der Waals surface area contributed by atoms with Crippen LogP contribution in [0.25, 0.3) is 11.1 Å². The van der Waals surface area contributed by atoms with Crippen LogP contribution in [0.1, 0.15) is 21.5 Å². The van der Waals surface area contributed by atoms with Gasteiger partial charge in [0.15, 0.2) is 6.29 Å². The first-order valence-corrected chi connectivity index (χ1v) is 5.47. The van der Waals surface area contributed by atoms with Gasteiger partial charge in [-0.25, -0.2) is 0 Å². The minimum atomic E-state index is 0.0218. The zero-order chi connectivity index (χ0) is 12.4. The van der Waals surface area contributed by atoms with E-state index in [1.165, 1.54) is 5.56 Å². The minimum absolute atomic E-state index is 0.0218. The number of phenolic OH excluding ortho intramolecular Hbond substituents is 1. The van der Waals surface area contributed by atoms with Crippen LogP contribution in [0, 0.1) is 13.8 Å². The predicted molar refractivity (Wildman–Crippen MR) is 68.4 cm³/mol. The fraction of sp³-hybridized carbons (Fsp3) is 0.133. The second kappa shape index (κ2) is 4.42. The van der Waals surface area contributed by atoms with Gasteiger partial charge < -0.3 is 5.11 Å². The summed E-state index contributed by atoms with van der Waals surface area (Å²) in [5.41, 5.74) is 4.72. The van der Waals surface area contributed by atoms with Gasteiger partial charge >= 0.3 is 0 Å². The van der Waals surface area contributed by atoms with E-state index in [0.717, 1.165) is 16.7 Å². The van der Waals surface area contributed by atoms with Crippen LogP contribution in [0.15, 0.2) is 36.4 Å². The van der Waals surface area contributed by atoms with Gasteiger partial charge in [-0.05, 0) is 42.7 Å². The van der Waals surface area contributed by atoms with Crippen LogP contribution >= 0.6 is 0 Å². The molecule has 0 atom stereocenters. The molecule has 0 heterocycles. The third-order valence-electron chi connectivity index (χ3n) is 2.85. The Hall–Kier alpha value is -2.09. The lowest BCUT2D eigenvalue weighted by molar-refractivity contribution is 0.112. The third-order valence-corrected chi connectivity index (χ3v) is 2.85. The molecule has 0 fully saturated rings. The molecule has 0 radical (unpaired) electrons. The molecule has 2 nitrogen and oxygen atoms in total. The molecule has 0 amide bonds.